The Kier molecular flexibility index (Phi) is 1.93. The highest BCUT2D eigenvalue weighted by Crippen LogP contribution is 2.14. The molecule has 1 saturated heterocycles. The van der Waals surface area contributed by atoms with E-state index >= 15 is 0 Å². The van der Waals surface area contributed by atoms with Gasteiger partial charge in [0.15, 0.2) is 0 Å². The number of aromatic nitrogens is 1. The van der Waals surface area contributed by atoms with Crippen molar-refractivity contribution in [2.45, 2.75) is 0 Å². The molecule has 1 aliphatic rings. The van der Waals surface area contributed by atoms with Gasteiger partial charge in [0, 0.05) is 19.3 Å². The van der Waals surface area contributed by atoms with E-state index in [2.05, 4.69) is 9.71 Å². The summed E-state index contributed by atoms with van der Waals surface area (Å²) in [6, 6.07) is 5.07. The first kappa shape index (κ1) is 8.46. The van der Waals surface area contributed by atoms with Gasteiger partial charge in [0.1, 0.15) is 5.82 Å². The van der Waals surface area contributed by atoms with Crippen LogP contribution in [0.4, 0.5) is 5.82 Å². The molecular weight excluding hydrogens is 190 g/mol. The third-order valence-electron chi connectivity index (χ3n) is 1.64. The number of hydrogen-bond acceptors (Lipinski definition) is 3. The van der Waals surface area contributed by atoms with Gasteiger partial charge < -0.3 is 0 Å². The maximum absolute atomic E-state index is 11.3. The molecule has 1 aromatic rings. The zero-order chi connectivity index (χ0) is 9.31. The van der Waals surface area contributed by atoms with Gasteiger partial charge >= 0.3 is 10.2 Å². The second kappa shape index (κ2) is 2.97. The largest absolute Gasteiger partial charge is 0.302 e. The maximum atomic E-state index is 11.3. The molecule has 0 atom stereocenters. The van der Waals surface area contributed by atoms with Crippen LogP contribution in [0.5, 0.6) is 0 Å². The van der Waals surface area contributed by atoms with Crippen molar-refractivity contribution >= 4 is 16.0 Å². The molecule has 0 saturated carbocycles. The van der Waals surface area contributed by atoms with Crippen LogP contribution < -0.4 is 4.72 Å². The van der Waals surface area contributed by atoms with Crippen molar-refractivity contribution in [2.24, 2.45) is 0 Å². The monoisotopic (exact) mass is 199 g/mol. The predicted molar refractivity (Wildman–Crippen MR) is 48.4 cm³/mol. The Morgan fingerprint density at radius 3 is 2.69 bits per heavy atom. The fraction of sp³-hybridized carbons (Fsp3) is 0.286. The standard InChI is InChI=1S/C7H9N3O2S/c11-13(12,10-5-6-10)9-7-3-1-2-4-8-7/h1-4H,5-6H2,(H,8,9). The molecule has 6 heteroatoms. The first-order valence-corrected chi connectivity index (χ1v) is 5.31. The van der Waals surface area contributed by atoms with Gasteiger partial charge in [0.2, 0.25) is 0 Å². The predicted octanol–water partition coefficient (Wildman–Crippen LogP) is 0.0539. The summed E-state index contributed by atoms with van der Waals surface area (Å²) in [4.78, 5) is 3.86. The second-order valence-electron chi connectivity index (χ2n) is 2.72. The number of anilines is 1. The molecule has 0 spiro atoms. The Bertz CT molecular complexity index is 385. The molecule has 1 aromatic heterocycles. The summed E-state index contributed by atoms with van der Waals surface area (Å²) < 4.78 is 26.4. The molecule has 5 nitrogen and oxygen atoms in total. The van der Waals surface area contributed by atoms with Crippen LogP contribution in [-0.4, -0.2) is 30.8 Å². The Morgan fingerprint density at radius 1 is 1.38 bits per heavy atom. The van der Waals surface area contributed by atoms with Crippen molar-refractivity contribution in [3.63, 3.8) is 0 Å². The first-order chi connectivity index (χ1) is 6.18. The fourth-order valence-corrected chi connectivity index (χ4v) is 1.98. The lowest BCUT2D eigenvalue weighted by molar-refractivity contribution is 0.569. The molecule has 1 aliphatic heterocycles. The summed E-state index contributed by atoms with van der Waals surface area (Å²) in [7, 11) is -3.32. The van der Waals surface area contributed by atoms with Crippen LogP contribution in [0.2, 0.25) is 0 Å². The summed E-state index contributed by atoms with van der Waals surface area (Å²) >= 11 is 0. The topological polar surface area (TPSA) is 62.1 Å². The average molecular weight is 199 g/mol. The van der Waals surface area contributed by atoms with Gasteiger partial charge in [-0.3, -0.25) is 4.72 Å². The minimum atomic E-state index is -3.32. The number of nitrogens with one attached hydrogen (secondary N) is 1. The number of rotatable bonds is 3. The molecule has 0 aromatic carbocycles. The molecule has 13 heavy (non-hydrogen) atoms. The van der Waals surface area contributed by atoms with Crippen LogP contribution in [-0.2, 0) is 10.2 Å². The van der Waals surface area contributed by atoms with Crippen molar-refractivity contribution in [3.05, 3.63) is 24.4 Å². The highest BCUT2D eigenvalue weighted by atomic mass is 32.2. The van der Waals surface area contributed by atoms with Gasteiger partial charge in [-0.15, -0.1) is 0 Å². The third-order valence-corrected chi connectivity index (χ3v) is 3.16. The van der Waals surface area contributed by atoms with E-state index in [1.165, 1.54) is 4.31 Å². The highest BCUT2D eigenvalue weighted by Gasteiger charge is 2.31. The Morgan fingerprint density at radius 2 is 2.15 bits per heavy atom. The van der Waals surface area contributed by atoms with Crippen molar-refractivity contribution in [3.8, 4) is 0 Å². The summed E-state index contributed by atoms with van der Waals surface area (Å²) in [6.07, 6.45) is 1.54. The number of nitrogens with zero attached hydrogens (tertiary/aromatic N) is 2. The van der Waals surface area contributed by atoms with Gasteiger partial charge in [-0.05, 0) is 12.1 Å². The van der Waals surface area contributed by atoms with Crippen LogP contribution in [0.3, 0.4) is 0 Å². The second-order valence-corrected chi connectivity index (χ2v) is 4.39. The Balaban J connectivity index is 2.14. The Hall–Kier alpha value is -1.14. The lowest BCUT2D eigenvalue weighted by Crippen LogP contribution is -2.21. The summed E-state index contributed by atoms with van der Waals surface area (Å²) in [5, 5.41) is 0. The number of pyridine rings is 1. The van der Waals surface area contributed by atoms with Crippen molar-refractivity contribution < 1.29 is 8.42 Å². The molecule has 2 heterocycles. The smallest absolute Gasteiger partial charge is 0.254 e. The number of hydrogen-bond donors (Lipinski definition) is 1. The average Bonchev–Trinajstić information content (AvgIpc) is 2.87. The highest BCUT2D eigenvalue weighted by molar-refractivity contribution is 7.90. The van der Waals surface area contributed by atoms with Crippen LogP contribution in [0.15, 0.2) is 24.4 Å². The van der Waals surface area contributed by atoms with Gasteiger partial charge in [0.25, 0.3) is 0 Å². The SMILES string of the molecule is O=S(=O)(Nc1ccccn1)N1CC1. The zero-order valence-corrected chi connectivity index (χ0v) is 7.66. The van der Waals surface area contributed by atoms with E-state index in [-0.39, 0.29) is 0 Å². The molecule has 1 N–H and O–H groups in total. The molecule has 0 bridgehead atoms. The van der Waals surface area contributed by atoms with Crippen molar-refractivity contribution in [1.29, 1.82) is 0 Å². The van der Waals surface area contributed by atoms with E-state index in [1.54, 1.807) is 24.4 Å². The molecular formula is C7H9N3O2S. The van der Waals surface area contributed by atoms with E-state index in [4.69, 9.17) is 0 Å². The van der Waals surface area contributed by atoms with E-state index < -0.39 is 10.2 Å². The minimum Gasteiger partial charge on any atom is -0.254 e. The fourth-order valence-electron chi connectivity index (χ4n) is 0.901. The lowest BCUT2D eigenvalue weighted by Gasteiger charge is -2.05. The Labute approximate surface area is 76.6 Å². The van der Waals surface area contributed by atoms with E-state index in [0.29, 0.717) is 18.9 Å². The van der Waals surface area contributed by atoms with Gasteiger partial charge in [-0.25, -0.2) is 4.98 Å². The van der Waals surface area contributed by atoms with E-state index in [0.717, 1.165) is 0 Å². The maximum Gasteiger partial charge on any atom is 0.302 e. The van der Waals surface area contributed by atoms with Gasteiger partial charge in [-0.2, -0.15) is 12.7 Å². The molecule has 70 valence electrons. The minimum absolute atomic E-state index is 0.356. The van der Waals surface area contributed by atoms with Gasteiger partial charge in [-0.1, -0.05) is 6.07 Å². The molecule has 0 radical (unpaired) electrons. The molecule has 0 amide bonds. The summed E-state index contributed by atoms with van der Waals surface area (Å²) in [5.74, 6) is 0.356. The van der Waals surface area contributed by atoms with Crippen molar-refractivity contribution in [2.75, 3.05) is 17.8 Å². The molecule has 1 fully saturated rings. The van der Waals surface area contributed by atoms with Crippen molar-refractivity contribution in [1.82, 2.24) is 9.29 Å². The first-order valence-electron chi connectivity index (χ1n) is 3.87. The summed E-state index contributed by atoms with van der Waals surface area (Å²) in [6.45, 7) is 1.20. The van der Waals surface area contributed by atoms with Crippen LogP contribution in [0, 0.1) is 0 Å². The lowest BCUT2D eigenvalue weighted by atomic mass is 10.5. The van der Waals surface area contributed by atoms with Crippen LogP contribution in [0.25, 0.3) is 0 Å². The van der Waals surface area contributed by atoms with Crippen LogP contribution >= 0.6 is 0 Å². The quantitative estimate of drug-likeness (QED) is 0.700. The molecule has 2 rings (SSSR count). The van der Waals surface area contributed by atoms with Crippen LogP contribution in [0.1, 0.15) is 0 Å². The van der Waals surface area contributed by atoms with Gasteiger partial charge in [0.05, 0.1) is 0 Å². The van der Waals surface area contributed by atoms with E-state index in [9.17, 15) is 8.42 Å². The zero-order valence-electron chi connectivity index (χ0n) is 6.84. The normalized spacial score (nSPS) is 16.9. The van der Waals surface area contributed by atoms with E-state index in [1.807, 2.05) is 0 Å². The third kappa shape index (κ3) is 1.96. The molecule has 0 unspecified atom stereocenters. The summed E-state index contributed by atoms with van der Waals surface area (Å²) in [5.41, 5.74) is 0. The molecule has 0 aliphatic carbocycles.